The summed E-state index contributed by atoms with van der Waals surface area (Å²) < 4.78 is 12.9. The molecule has 1 fully saturated rings. The van der Waals surface area contributed by atoms with Crippen LogP contribution in [0.3, 0.4) is 0 Å². The number of carbonyl (C=O) groups excluding carboxylic acids is 1. The largest absolute Gasteiger partial charge is 0.459 e. The van der Waals surface area contributed by atoms with Gasteiger partial charge < -0.3 is 19.8 Å². The molecule has 2 aromatic carbocycles. The summed E-state index contributed by atoms with van der Waals surface area (Å²) in [5, 5.41) is 0. The summed E-state index contributed by atoms with van der Waals surface area (Å²) in [6.45, 7) is 1.40. The number of anilines is 1. The molecule has 0 aliphatic carbocycles. The fourth-order valence-corrected chi connectivity index (χ4v) is 3.86. The predicted molar refractivity (Wildman–Crippen MR) is 114 cm³/mol. The van der Waals surface area contributed by atoms with E-state index in [1.54, 1.807) is 0 Å². The van der Waals surface area contributed by atoms with Crippen LogP contribution in [0.1, 0.15) is 28.8 Å². The molecule has 30 heavy (non-hydrogen) atoms. The van der Waals surface area contributed by atoms with Crippen molar-refractivity contribution in [3.8, 4) is 0 Å². The molecule has 2 N–H and O–H groups in total. The Labute approximate surface area is 173 Å². The lowest BCUT2D eigenvalue weighted by atomic mass is 10.2. The summed E-state index contributed by atoms with van der Waals surface area (Å²) in [6, 6.07) is 17.5. The van der Waals surface area contributed by atoms with Crippen molar-refractivity contribution in [3.05, 3.63) is 65.7 Å². The van der Waals surface area contributed by atoms with Gasteiger partial charge in [0, 0.05) is 6.61 Å². The summed E-state index contributed by atoms with van der Waals surface area (Å²) in [6.07, 6.45) is 1.82. The van der Waals surface area contributed by atoms with E-state index in [4.69, 9.17) is 25.2 Å². The van der Waals surface area contributed by atoms with Crippen LogP contribution < -0.4 is 5.73 Å². The number of nitrogen functional groups attached to an aromatic ring is 1. The summed E-state index contributed by atoms with van der Waals surface area (Å²) >= 11 is 0. The smallest absolute Gasteiger partial charge is 0.344 e. The lowest BCUT2D eigenvalue weighted by Crippen LogP contribution is -2.18. The molecule has 0 spiro atoms. The average Bonchev–Trinajstić information content (AvgIpc) is 3.38. The van der Waals surface area contributed by atoms with Gasteiger partial charge in [0.25, 0.3) is 0 Å². The average molecular weight is 402 g/mol. The maximum atomic E-state index is 13.0. The second-order valence-electron chi connectivity index (χ2n) is 7.45. The third-order valence-electron chi connectivity index (χ3n) is 5.40. The molecular formula is C23H22N4O3. The first-order valence-electron chi connectivity index (χ1n) is 10.1. The number of esters is 1. The topological polar surface area (TPSA) is 92.3 Å². The minimum Gasteiger partial charge on any atom is -0.459 e. The molecule has 152 valence electrons. The monoisotopic (exact) mass is 402 g/mol. The zero-order valence-corrected chi connectivity index (χ0v) is 16.5. The van der Waals surface area contributed by atoms with Crippen LogP contribution in [0.2, 0.25) is 0 Å². The first-order valence-corrected chi connectivity index (χ1v) is 10.1. The Hall–Kier alpha value is -3.45. The van der Waals surface area contributed by atoms with Crippen molar-refractivity contribution in [3.63, 3.8) is 0 Å². The SMILES string of the molecule is Nc1c(C(=O)OCC2CCCO2)c2nc3ccccc3nc2n1Cc1ccccc1. The van der Waals surface area contributed by atoms with Crippen LogP contribution in [-0.2, 0) is 16.0 Å². The number of nitrogens with two attached hydrogens (primary N) is 1. The molecule has 1 atom stereocenters. The number of fused-ring (bicyclic) bond motifs is 2. The Morgan fingerprint density at radius 2 is 1.83 bits per heavy atom. The van der Waals surface area contributed by atoms with Crippen molar-refractivity contribution in [1.29, 1.82) is 0 Å². The van der Waals surface area contributed by atoms with Gasteiger partial charge in [0.1, 0.15) is 23.5 Å². The number of carbonyl (C=O) groups is 1. The third kappa shape index (κ3) is 3.37. The number of hydrogen-bond donors (Lipinski definition) is 1. The van der Waals surface area contributed by atoms with E-state index in [2.05, 4.69) is 0 Å². The zero-order chi connectivity index (χ0) is 20.5. The number of aromatic nitrogens is 3. The maximum Gasteiger partial charge on any atom is 0.344 e. The molecule has 3 heterocycles. The van der Waals surface area contributed by atoms with Crippen molar-refractivity contribution in [2.45, 2.75) is 25.5 Å². The lowest BCUT2D eigenvalue weighted by Gasteiger charge is -2.10. The van der Waals surface area contributed by atoms with Gasteiger partial charge in [-0.3, -0.25) is 0 Å². The highest BCUT2D eigenvalue weighted by atomic mass is 16.6. The van der Waals surface area contributed by atoms with E-state index in [0.717, 1.165) is 23.9 Å². The van der Waals surface area contributed by atoms with E-state index in [0.29, 0.717) is 35.7 Å². The fourth-order valence-electron chi connectivity index (χ4n) is 3.86. The highest BCUT2D eigenvalue weighted by Gasteiger charge is 2.26. The molecule has 5 rings (SSSR count). The van der Waals surface area contributed by atoms with E-state index in [1.165, 1.54) is 0 Å². The van der Waals surface area contributed by atoms with E-state index < -0.39 is 5.97 Å². The molecular weight excluding hydrogens is 380 g/mol. The van der Waals surface area contributed by atoms with Crippen LogP contribution >= 0.6 is 0 Å². The van der Waals surface area contributed by atoms with E-state index in [-0.39, 0.29) is 18.3 Å². The first kappa shape index (κ1) is 18.6. The summed E-state index contributed by atoms with van der Waals surface area (Å²) in [5.74, 6) is -0.189. The number of rotatable bonds is 5. The maximum absolute atomic E-state index is 13.0. The quantitative estimate of drug-likeness (QED) is 0.513. The molecule has 4 aromatic rings. The number of ether oxygens (including phenoxy) is 2. The Balaban J connectivity index is 1.60. The molecule has 1 aliphatic rings. The third-order valence-corrected chi connectivity index (χ3v) is 5.40. The van der Waals surface area contributed by atoms with Crippen LogP contribution in [0.15, 0.2) is 54.6 Å². The molecule has 0 amide bonds. The first-order chi connectivity index (χ1) is 14.7. The summed E-state index contributed by atoms with van der Waals surface area (Å²) in [4.78, 5) is 22.5. The normalized spacial score (nSPS) is 16.3. The van der Waals surface area contributed by atoms with Gasteiger partial charge in [0.2, 0.25) is 0 Å². The predicted octanol–water partition coefficient (Wildman–Crippen LogP) is 3.55. The van der Waals surface area contributed by atoms with Crippen LogP contribution in [0, 0.1) is 0 Å². The second-order valence-corrected chi connectivity index (χ2v) is 7.45. The summed E-state index contributed by atoms with van der Waals surface area (Å²) in [7, 11) is 0. The number of nitrogens with zero attached hydrogens (tertiary/aromatic N) is 3. The number of benzene rings is 2. The van der Waals surface area contributed by atoms with Crippen LogP contribution in [0.25, 0.3) is 22.2 Å². The van der Waals surface area contributed by atoms with E-state index >= 15 is 0 Å². The number of hydrogen-bond acceptors (Lipinski definition) is 6. The molecule has 1 aliphatic heterocycles. The van der Waals surface area contributed by atoms with Crippen molar-refractivity contribution >= 4 is 34.0 Å². The van der Waals surface area contributed by atoms with Crippen LogP contribution in [0.4, 0.5) is 5.82 Å². The zero-order valence-electron chi connectivity index (χ0n) is 16.5. The molecule has 7 heteroatoms. The molecule has 1 saturated heterocycles. The Bertz CT molecular complexity index is 1210. The molecule has 2 aromatic heterocycles. The fraction of sp³-hybridized carbons (Fsp3) is 0.261. The van der Waals surface area contributed by atoms with Crippen LogP contribution in [-0.4, -0.2) is 39.8 Å². The van der Waals surface area contributed by atoms with E-state index in [9.17, 15) is 4.79 Å². The lowest BCUT2D eigenvalue weighted by molar-refractivity contribution is 0.0163. The minimum absolute atomic E-state index is 0.0558. The highest BCUT2D eigenvalue weighted by Crippen LogP contribution is 2.29. The van der Waals surface area contributed by atoms with Gasteiger partial charge in [-0.15, -0.1) is 0 Å². The molecule has 0 saturated carbocycles. The molecule has 7 nitrogen and oxygen atoms in total. The Kier molecular flexibility index (Phi) is 4.80. The highest BCUT2D eigenvalue weighted by molar-refractivity contribution is 6.08. The van der Waals surface area contributed by atoms with Gasteiger partial charge in [-0.2, -0.15) is 0 Å². The van der Waals surface area contributed by atoms with Gasteiger partial charge in [-0.05, 0) is 30.5 Å². The van der Waals surface area contributed by atoms with Crippen LogP contribution in [0.5, 0.6) is 0 Å². The van der Waals surface area contributed by atoms with Gasteiger partial charge in [-0.1, -0.05) is 42.5 Å². The van der Waals surface area contributed by atoms with Crippen molar-refractivity contribution in [1.82, 2.24) is 14.5 Å². The van der Waals surface area contributed by atoms with Crippen molar-refractivity contribution in [2.75, 3.05) is 18.9 Å². The number of para-hydroxylation sites is 2. The van der Waals surface area contributed by atoms with Gasteiger partial charge in [-0.25, -0.2) is 14.8 Å². The van der Waals surface area contributed by atoms with Gasteiger partial charge in [0.15, 0.2) is 5.65 Å². The van der Waals surface area contributed by atoms with Gasteiger partial charge >= 0.3 is 5.97 Å². The molecule has 0 bridgehead atoms. The standard InChI is InChI=1S/C23H22N4O3/c24-21-19(23(28)30-14-16-9-6-12-29-16)20-22(26-18-11-5-4-10-17(18)25-20)27(21)13-15-7-2-1-3-8-15/h1-5,7-8,10-11,16H,6,9,12-14,24H2. The molecule has 0 radical (unpaired) electrons. The summed E-state index contributed by atoms with van der Waals surface area (Å²) in [5.41, 5.74) is 10.3. The van der Waals surface area contributed by atoms with Crippen molar-refractivity contribution < 1.29 is 14.3 Å². The van der Waals surface area contributed by atoms with E-state index in [1.807, 2.05) is 59.2 Å². The van der Waals surface area contributed by atoms with Crippen molar-refractivity contribution in [2.24, 2.45) is 0 Å². The Morgan fingerprint density at radius 3 is 2.57 bits per heavy atom. The minimum atomic E-state index is -0.496. The van der Waals surface area contributed by atoms with Gasteiger partial charge in [0.05, 0.1) is 23.7 Å². The Morgan fingerprint density at radius 1 is 1.10 bits per heavy atom. The molecule has 1 unspecified atom stereocenters. The second kappa shape index (κ2) is 7.76.